The van der Waals surface area contributed by atoms with E-state index in [1.165, 1.54) is 22.9 Å². The summed E-state index contributed by atoms with van der Waals surface area (Å²) in [6.07, 6.45) is 3.49. The Balaban J connectivity index is 1.88. The van der Waals surface area contributed by atoms with E-state index in [0.29, 0.717) is 0 Å². The first-order valence-corrected chi connectivity index (χ1v) is 7.30. The molecule has 1 aliphatic heterocycles. The molecule has 0 bridgehead atoms. The van der Waals surface area contributed by atoms with Gasteiger partial charge >= 0.3 is 0 Å². The zero-order valence-corrected chi connectivity index (χ0v) is 12.3. The van der Waals surface area contributed by atoms with Gasteiger partial charge in [0.05, 0.1) is 6.54 Å². The third-order valence-electron chi connectivity index (χ3n) is 4.02. The van der Waals surface area contributed by atoms with Crippen molar-refractivity contribution in [2.45, 2.75) is 26.4 Å². The molecule has 0 aliphatic carbocycles. The van der Waals surface area contributed by atoms with Crippen LogP contribution in [0.2, 0.25) is 0 Å². The smallest absolute Gasteiger partial charge is 0.134 e. The lowest BCUT2D eigenvalue weighted by molar-refractivity contribution is 0.262. The van der Waals surface area contributed by atoms with Crippen LogP contribution in [0.3, 0.4) is 0 Å². The van der Waals surface area contributed by atoms with Crippen molar-refractivity contribution < 1.29 is 4.42 Å². The number of hydrogen-bond donors (Lipinski definition) is 1. The number of benzene rings is 1. The summed E-state index contributed by atoms with van der Waals surface area (Å²) < 4.78 is 6.08. The summed E-state index contributed by atoms with van der Waals surface area (Å²) in [6.45, 7) is 6.12. The van der Waals surface area contributed by atoms with E-state index in [-0.39, 0.29) is 0 Å². The van der Waals surface area contributed by atoms with E-state index in [1.54, 1.807) is 0 Å². The van der Waals surface area contributed by atoms with E-state index in [0.717, 1.165) is 37.5 Å². The van der Waals surface area contributed by atoms with E-state index >= 15 is 0 Å². The lowest BCUT2D eigenvalue weighted by Gasteiger charge is -2.24. The fourth-order valence-corrected chi connectivity index (χ4v) is 2.81. The Hall–Kier alpha value is -1.58. The number of nitrogens with one attached hydrogen (secondary N) is 1. The average Bonchev–Trinajstić information content (AvgIpc) is 2.80. The molecule has 0 saturated carbocycles. The van der Waals surface area contributed by atoms with Gasteiger partial charge < -0.3 is 9.73 Å². The molecule has 3 heteroatoms. The molecule has 0 unspecified atom stereocenters. The van der Waals surface area contributed by atoms with Gasteiger partial charge in [-0.1, -0.05) is 29.8 Å². The van der Waals surface area contributed by atoms with Crippen LogP contribution in [0.15, 0.2) is 40.3 Å². The highest BCUT2D eigenvalue weighted by atomic mass is 16.3. The van der Waals surface area contributed by atoms with Gasteiger partial charge in [0.1, 0.15) is 11.3 Å². The SMILES string of the molecule is CNCc1c(CN2CC=C(C)CC2)oc2ccccc12. The molecule has 3 nitrogen and oxygen atoms in total. The van der Waals surface area contributed by atoms with Crippen LogP contribution in [-0.4, -0.2) is 25.0 Å². The Morgan fingerprint density at radius 1 is 1.30 bits per heavy atom. The summed E-state index contributed by atoms with van der Waals surface area (Å²) in [5.41, 5.74) is 3.80. The molecule has 0 atom stereocenters. The first kappa shape index (κ1) is 13.4. The highest BCUT2D eigenvalue weighted by Crippen LogP contribution is 2.27. The highest BCUT2D eigenvalue weighted by Gasteiger charge is 2.17. The van der Waals surface area contributed by atoms with Crippen LogP contribution in [0.5, 0.6) is 0 Å². The number of furan rings is 1. The van der Waals surface area contributed by atoms with Crippen molar-refractivity contribution in [3.8, 4) is 0 Å². The van der Waals surface area contributed by atoms with Crippen molar-refractivity contribution in [1.82, 2.24) is 10.2 Å². The van der Waals surface area contributed by atoms with E-state index in [1.807, 2.05) is 13.1 Å². The zero-order chi connectivity index (χ0) is 13.9. The molecule has 106 valence electrons. The summed E-state index contributed by atoms with van der Waals surface area (Å²) >= 11 is 0. The molecule has 1 N–H and O–H groups in total. The van der Waals surface area contributed by atoms with E-state index in [9.17, 15) is 0 Å². The van der Waals surface area contributed by atoms with Crippen LogP contribution in [0.25, 0.3) is 11.0 Å². The molecule has 0 spiro atoms. The second kappa shape index (κ2) is 5.81. The van der Waals surface area contributed by atoms with Crippen molar-refractivity contribution >= 4 is 11.0 Å². The second-order valence-corrected chi connectivity index (χ2v) is 5.57. The number of para-hydroxylation sites is 1. The standard InChI is InChI=1S/C17H22N2O/c1-13-7-9-19(10-8-13)12-17-15(11-18-2)14-5-3-4-6-16(14)20-17/h3-7,18H,8-12H2,1-2H3. The minimum atomic E-state index is 0.856. The minimum absolute atomic E-state index is 0.856. The van der Waals surface area contributed by atoms with Gasteiger partial charge in [-0.2, -0.15) is 0 Å². The largest absolute Gasteiger partial charge is 0.459 e. The van der Waals surface area contributed by atoms with Gasteiger partial charge in [-0.15, -0.1) is 0 Å². The third-order valence-corrected chi connectivity index (χ3v) is 4.02. The quantitative estimate of drug-likeness (QED) is 0.864. The summed E-state index contributed by atoms with van der Waals surface area (Å²) in [6, 6.07) is 8.31. The predicted octanol–water partition coefficient (Wildman–Crippen LogP) is 3.30. The van der Waals surface area contributed by atoms with Gasteiger partial charge in [-0.05, 0) is 26.5 Å². The molecule has 1 aliphatic rings. The first-order chi connectivity index (χ1) is 9.78. The normalized spacial score (nSPS) is 16.6. The predicted molar refractivity (Wildman–Crippen MR) is 82.6 cm³/mol. The Labute approximate surface area is 120 Å². The number of fused-ring (bicyclic) bond motifs is 1. The zero-order valence-electron chi connectivity index (χ0n) is 12.3. The van der Waals surface area contributed by atoms with Crippen molar-refractivity contribution in [3.05, 3.63) is 47.2 Å². The van der Waals surface area contributed by atoms with Gasteiger partial charge in [-0.3, -0.25) is 4.90 Å². The molecule has 20 heavy (non-hydrogen) atoms. The molecule has 1 aromatic heterocycles. The number of rotatable bonds is 4. The second-order valence-electron chi connectivity index (χ2n) is 5.57. The van der Waals surface area contributed by atoms with Gasteiger partial charge in [-0.25, -0.2) is 0 Å². The molecule has 1 aromatic carbocycles. The van der Waals surface area contributed by atoms with Gasteiger partial charge in [0.2, 0.25) is 0 Å². The molecule has 2 heterocycles. The summed E-state index contributed by atoms with van der Waals surface area (Å²) in [4.78, 5) is 2.45. The molecule has 0 saturated heterocycles. The van der Waals surface area contributed by atoms with Crippen molar-refractivity contribution in [3.63, 3.8) is 0 Å². The molecule has 0 radical (unpaired) electrons. The maximum absolute atomic E-state index is 6.08. The van der Waals surface area contributed by atoms with Crippen molar-refractivity contribution in [1.29, 1.82) is 0 Å². The van der Waals surface area contributed by atoms with Crippen molar-refractivity contribution in [2.75, 3.05) is 20.1 Å². The van der Waals surface area contributed by atoms with Crippen LogP contribution in [0.1, 0.15) is 24.7 Å². The Bertz CT molecular complexity index is 627. The first-order valence-electron chi connectivity index (χ1n) is 7.30. The molecule has 2 aromatic rings. The third kappa shape index (κ3) is 2.65. The van der Waals surface area contributed by atoms with Gasteiger partial charge in [0.25, 0.3) is 0 Å². The van der Waals surface area contributed by atoms with Crippen LogP contribution < -0.4 is 5.32 Å². The van der Waals surface area contributed by atoms with E-state index in [2.05, 4.69) is 41.4 Å². The molecule has 3 rings (SSSR count). The Kier molecular flexibility index (Phi) is 3.90. The fourth-order valence-electron chi connectivity index (χ4n) is 2.81. The van der Waals surface area contributed by atoms with Crippen molar-refractivity contribution in [2.24, 2.45) is 0 Å². The van der Waals surface area contributed by atoms with Crippen LogP contribution >= 0.6 is 0 Å². The maximum atomic E-state index is 6.08. The van der Waals surface area contributed by atoms with Gasteiger partial charge in [0.15, 0.2) is 0 Å². The summed E-state index contributed by atoms with van der Waals surface area (Å²) in [7, 11) is 1.98. The maximum Gasteiger partial charge on any atom is 0.134 e. The lowest BCUT2D eigenvalue weighted by atomic mass is 10.1. The van der Waals surface area contributed by atoms with Crippen LogP contribution in [-0.2, 0) is 13.1 Å². The summed E-state index contributed by atoms with van der Waals surface area (Å²) in [5.74, 6) is 1.11. The minimum Gasteiger partial charge on any atom is -0.459 e. The van der Waals surface area contributed by atoms with E-state index in [4.69, 9.17) is 4.42 Å². The van der Waals surface area contributed by atoms with E-state index < -0.39 is 0 Å². The average molecular weight is 270 g/mol. The Morgan fingerprint density at radius 2 is 2.15 bits per heavy atom. The van der Waals surface area contributed by atoms with Crippen LogP contribution in [0, 0.1) is 0 Å². The highest BCUT2D eigenvalue weighted by molar-refractivity contribution is 5.82. The monoisotopic (exact) mass is 270 g/mol. The molecule has 0 fully saturated rings. The molecular weight excluding hydrogens is 248 g/mol. The fraction of sp³-hybridized carbons (Fsp3) is 0.412. The Morgan fingerprint density at radius 3 is 2.90 bits per heavy atom. The number of hydrogen-bond acceptors (Lipinski definition) is 3. The summed E-state index contributed by atoms with van der Waals surface area (Å²) in [5, 5.41) is 4.49. The lowest BCUT2D eigenvalue weighted by Crippen LogP contribution is -2.28. The topological polar surface area (TPSA) is 28.4 Å². The number of nitrogens with zero attached hydrogens (tertiary/aromatic N) is 1. The molecular formula is C17H22N2O. The van der Waals surface area contributed by atoms with Crippen LogP contribution in [0.4, 0.5) is 0 Å². The molecule has 0 amide bonds. The van der Waals surface area contributed by atoms with Gasteiger partial charge in [0, 0.05) is 30.6 Å².